The molecule has 4 nitrogen and oxygen atoms in total. The van der Waals surface area contributed by atoms with Gasteiger partial charge in [0.2, 0.25) is 0 Å². The van der Waals surface area contributed by atoms with Crippen molar-refractivity contribution in [3.8, 4) is 0 Å². The summed E-state index contributed by atoms with van der Waals surface area (Å²) < 4.78 is 38.8. The second-order valence-corrected chi connectivity index (χ2v) is 7.04. The Morgan fingerprint density at radius 1 is 1.03 bits per heavy atom. The molecule has 7 heteroatoms. The van der Waals surface area contributed by atoms with Crippen molar-refractivity contribution in [2.75, 3.05) is 7.11 Å². The van der Waals surface area contributed by atoms with Crippen LogP contribution in [0.25, 0.3) is 0 Å². The molecule has 0 saturated heterocycles. The summed E-state index contributed by atoms with van der Waals surface area (Å²) in [5.41, 5.74) is 3.86. The van der Waals surface area contributed by atoms with Crippen molar-refractivity contribution in [1.29, 1.82) is 0 Å². The SMILES string of the molecule is CO/N=C(/C)c1cccc(C2CC2)c1CO/N=C(\C)c1cccc(C(F)(F)F)c1. The average molecular weight is 404 g/mol. The van der Waals surface area contributed by atoms with Crippen LogP contribution in [-0.2, 0) is 22.5 Å². The highest BCUT2D eigenvalue weighted by atomic mass is 19.4. The Morgan fingerprint density at radius 2 is 1.76 bits per heavy atom. The summed E-state index contributed by atoms with van der Waals surface area (Å²) in [5.74, 6) is 0.498. The van der Waals surface area contributed by atoms with Gasteiger partial charge in [0.25, 0.3) is 0 Å². The molecule has 0 radical (unpaired) electrons. The standard InChI is InChI=1S/C22H23F3N2O2/c1-14(17-6-4-7-18(12-17)22(23,24)25)27-29-13-21-19(15(2)26-28-3)8-5-9-20(21)16-10-11-16/h4-9,12,16H,10-11,13H2,1-3H3/b26-15-,27-14+. The van der Waals surface area contributed by atoms with Crippen LogP contribution in [0.5, 0.6) is 0 Å². The fourth-order valence-corrected chi connectivity index (χ4v) is 3.23. The summed E-state index contributed by atoms with van der Waals surface area (Å²) in [6.45, 7) is 3.69. The van der Waals surface area contributed by atoms with Crippen LogP contribution in [0.4, 0.5) is 13.2 Å². The molecule has 0 unspecified atom stereocenters. The minimum Gasteiger partial charge on any atom is -0.399 e. The largest absolute Gasteiger partial charge is 0.416 e. The van der Waals surface area contributed by atoms with Crippen LogP contribution in [-0.4, -0.2) is 18.5 Å². The predicted octanol–water partition coefficient (Wildman–Crippen LogP) is 5.89. The Bertz CT molecular complexity index is 932. The molecule has 29 heavy (non-hydrogen) atoms. The summed E-state index contributed by atoms with van der Waals surface area (Å²) in [5, 5.41) is 8.08. The van der Waals surface area contributed by atoms with Crippen molar-refractivity contribution in [3.63, 3.8) is 0 Å². The zero-order valence-electron chi connectivity index (χ0n) is 16.6. The maximum atomic E-state index is 12.9. The third-order valence-corrected chi connectivity index (χ3v) is 4.87. The Morgan fingerprint density at radius 3 is 2.41 bits per heavy atom. The molecule has 1 fully saturated rings. The maximum absolute atomic E-state index is 12.9. The van der Waals surface area contributed by atoms with Gasteiger partial charge in [-0.05, 0) is 55.9 Å². The Kier molecular flexibility index (Phi) is 6.25. The Balaban J connectivity index is 1.82. The van der Waals surface area contributed by atoms with E-state index in [2.05, 4.69) is 16.4 Å². The zero-order chi connectivity index (χ0) is 21.0. The second-order valence-electron chi connectivity index (χ2n) is 7.04. The van der Waals surface area contributed by atoms with Gasteiger partial charge in [-0.3, -0.25) is 0 Å². The van der Waals surface area contributed by atoms with E-state index < -0.39 is 11.7 Å². The van der Waals surface area contributed by atoms with Crippen molar-refractivity contribution >= 4 is 11.4 Å². The van der Waals surface area contributed by atoms with Gasteiger partial charge < -0.3 is 9.68 Å². The van der Waals surface area contributed by atoms with Crippen LogP contribution < -0.4 is 0 Å². The molecule has 1 aliphatic carbocycles. The maximum Gasteiger partial charge on any atom is 0.416 e. The number of nitrogens with zero attached hydrogens (tertiary/aromatic N) is 2. The number of rotatable bonds is 7. The monoisotopic (exact) mass is 404 g/mol. The van der Waals surface area contributed by atoms with Gasteiger partial charge in [-0.15, -0.1) is 0 Å². The highest BCUT2D eigenvalue weighted by Gasteiger charge is 2.30. The summed E-state index contributed by atoms with van der Waals surface area (Å²) >= 11 is 0. The lowest BCUT2D eigenvalue weighted by Crippen LogP contribution is -2.08. The summed E-state index contributed by atoms with van der Waals surface area (Å²) in [7, 11) is 1.49. The Labute approximate surface area is 168 Å². The van der Waals surface area contributed by atoms with Crippen molar-refractivity contribution in [2.45, 2.75) is 45.4 Å². The molecule has 0 spiro atoms. The summed E-state index contributed by atoms with van der Waals surface area (Å²) in [4.78, 5) is 10.5. The van der Waals surface area contributed by atoms with E-state index in [0.29, 0.717) is 17.2 Å². The zero-order valence-corrected chi connectivity index (χ0v) is 16.6. The van der Waals surface area contributed by atoms with Crippen LogP contribution in [0.15, 0.2) is 52.8 Å². The Hall–Kier alpha value is -2.83. The van der Waals surface area contributed by atoms with E-state index in [-0.39, 0.29) is 6.61 Å². The highest BCUT2D eigenvalue weighted by molar-refractivity contribution is 6.00. The third-order valence-electron chi connectivity index (χ3n) is 4.87. The highest BCUT2D eigenvalue weighted by Crippen LogP contribution is 2.42. The molecule has 1 saturated carbocycles. The fraction of sp³-hybridized carbons (Fsp3) is 0.364. The van der Waals surface area contributed by atoms with Crippen LogP contribution in [0, 0.1) is 0 Å². The molecule has 154 valence electrons. The minimum atomic E-state index is -4.40. The topological polar surface area (TPSA) is 43.2 Å². The van der Waals surface area contributed by atoms with Crippen molar-refractivity contribution in [1.82, 2.24) is 0 Å². The smallest absolute Gasteiger partial charge is 0.399 e. The first kappa shape index (κ1) is 20.9. The lowest BCUT2D eigenvalue weighted by Gasteiger charge is -2.14. The van der Waals surface area contributed by atoms with Gasteiger partial charge >= 0.3 is 6.18 Å². The average Bonchev–Trinajstić information content (AvgIpc) is 3.52. The normalized spacial score (nSPS) is 15.4. The van der Waals surface area contributed by atoms with Gasteiger partial charge in [0.1, 0.15) is 13.7 Å². The quantitative estimate of drug-likeness (QED) is 0.426. The van der Waals surface area contributed by atoms with E-state index >= 15 is 0 Å². The van der Waals surface area contributed by atoms with Crippen LogP contribution in [0.3, 0.4) is 0 Å². The van der Waals surface area contributed by atoms with E-state index in [1.54, 1.807) is 13.0 Å². The second kappa shape index (κ2) is 8.68. The van der Waals surface area contributed by atoms with Crippen molar-refractivity contribution in [2.24, 2.45) is 10.3 Å². The van der Waals surface area contributed by atoms with Gasteiger partial charge in [-0.2, -0.15) is 13.2 Å². The molecule has 0 bridgehead atoms. The van der Waals surface area contributed by atoms with Gasteiger partial charge in [0, 0.05) is 11.1 Å². The van der Waals surface area contributed by atoms with Gasteiger partial charge in [0.15, 0.2) is 0 Å². The van der Waals surface area contributed by atoms with E-state index in [9.17, 15) is 13.2 Å². The fourth-order valence-electron chi connectivity index (χ4n) is 3.23. The molecule has 1 aliphatic rings. The number of halogens is 3. The van der Waals surface area contributed by atoms with E-state index in [4.69, 9.17) is 9.68 Å². The molecular formula is C22H23F3N2O2. The number of oxime groups is 2. The van der Waals surface area contributed by atoms with E-state index in [1.165, 1.54) is 18.7 Å². The molecule has 0 aromatic heterocycles. The van der Waals surface area contributed by atoms with Gasteiger partial charge in [-0.1, -0.05) is 40.6 Å². The number of hydrogen-bond donors (Lipinski definition) is 0. The van der Waals surface area contributed by atoms with Crippen LogP contribution >= 0.6 is 0 Å². The number of benzene rings is 2. The van der Waals surface area contributed by atoms with E-state index in [1.807, 2.05) is 19.1 Å². The van der Waals surface area contributed by atoms with Crippen molar-refractivity contribution in [3.05, 3.63) is 70.3 Å². The number of hydrogen-bond acceptors (Lipinski definition) is 4. The lowest BCUT2D eigenvalue weighted by molar-refractivity contribution is -0.137. The van der Waals surface area contributed by atoms with Gasteiger partial charge in [0.05, 0.1) is 17.0 Å². The lowest BCUT2D eigenvalue weighted by atomic mass is 9.96. The molecule has 3 rings (SSSR count). The minimum absolute atomic E-state index is 0.203. The first-order valence-electron chi connectivity index (χ1n) is 9.35. The molecular weight excluding hydrogens is 381 g/mol. The molecule has 2 aromatic carbocycles. The molecule has 2 aromatic rings. The van der Waals surface area contributed by atoms with E-state index in [0.717, 1.165) is 41.8 Å². The van der Waals surface area contributed by atoms with Crippen LogP contribution in [0.1, 0.15) is 60.4 Å². The predicted molar refractivity (Wildman–Crippen MR) is 106 cm³/mol. The third kappa shape index (κ3) is 5.16. The molecule has 0 aliphatic heterocycles. The van der Waals surface area contributed by atoms with Crippen LogP contribution in [0.2, 0.25) is 0 Å². The summed E-state index contributed by atoms with van der Waals surface area (Å²) in [6, 6.07) is 11.1. The molecule has 0 N–H and O–H groups in total. The summed E-state index contributed by atoms with van der Waals surface area (Å²) in [6.07, 6.45) is -2.14. The molecule has 0 amide bonds. The number of alkyl halides is 3. The van der Waals surface area contributed by atoms with Crippen molar-refractivity contribution < 1.29 is 22.8 Å². The van der Waals surface area contributed by atoms with Gasteiger partial charge in [-0.25, -0.2) is 0 Å². The first-order valence-corrected chi connectivity index (χ1v) is 9.35. The first-order chi connectivity index (χ1) is 13.8. The molecule has 0 atom stereocenters. The molecule has 0 heterocycles.